The Morgan fingerprint density at radius 2 is 2.47 bits per heavy atom. The molecule has 2 heterocycles. The normalized spacial score (nSPS) is 20.4. The summed E-state index contributed by atoms with van der Waals surface area (Å²) in [6, 6.07) is -0.590. The van der Waals surface area contributed by atoms with Gasteiger partial charge in [-0.15, -0.1) is 0 Å². The van der Waals surface area contributed by atoms with Crippen LogP contribution in [-0.2, 0) is 4.79 Å². The van der Waals surface area contributed by atoms with E-state index in [-0.39, 0.29) is 0 Å². The molecule has 1 atom stereocenters. The zero-order valence-corrected chi connectivity index (χ0v) is 10.1. The number of hydrogen-bond acceptors (Lipinski definition) is 5. The fourth-order valence-corrected chi connectivity index (χ4v) is 1.79. The second-order valence-corrected chi connectivity index (χ2v) is 4.29. The molecule has 1 aromatic rings. The van der Waals surface area contributed by atoms with Gasteiger partial charge in [-0.25, -0.2) is 9.97 Å². The maximum Gasteiger partial charge on any atom is 0.322 e. The smallest absolute Gasteiger partial charge is 0.322 e. The van der Waals surface area contributed by atoms with Crippen LogP contribution in [0.3, 0.4) is 0 Å². The number of piperazine rings is 1. The lowest BCUT2D eigenvalue weighted by Crippen LogP contribution is -2.54. The van der Waals surface area contributed by atoms with Gasteiger partial charge in [-0.3, -0.25) is 4.79 Å². The van der Waals surface area contributed by atoms with Crippen molar-refractivity contribution in [3.8, 4) is 0 Å². The van der Waals surface area contributed by atoms with E-state index in [0.717, 1.165) is 5.56 Å². The third-order valence-electron chi connectivity index (χ3n) is 2.65. The number of rotatable bonds is 2. The molecule has 0 unspecified atom stereocenters. The number of anilines is 1. The van der Waals surface area contributed by atoms with Gasteiger partial charge in [0, 0.05) is 31.4 Å². The third kappa shape index (κ3) is 2.65. The maximum absolute atomic E-state index is 10.9. The van der Waals surface area contributed by atoms with Crippen molar-refractivity contribution in [3.63, 3.8) is 0 Å². The second-order valence-electron chi connectivity index (χ2n) is 3.93. The number of hydrogen-bond donors (Lipinski definition) is 2. The van der Waals surface area contributed by atoms with Crippen molar-refractivity contribution in [1.82, 2.24) is 15.3 Å². The Labute approximate surface area is 104 Å². The highest BCUT2D eigenvalue weighted by Crippen LogP contribution is 2.16. The highest BCUT2D eigenvalue weighted by Gasteiger charge is 2.26. The standard InChI is InChI=1S/C10H13ClN4O2/c1-6-4-13-10(14-8(6)11)15-3-2-12-7(5-15)9(16)17/h4,7,12H,2-3,5H2,1H3,(H,16,17)/t7-/m1/s1. The fraction of sp³-hybridized carbons (Fsp3) is 0.500. The van der Waals surface area contributed by atoms with Crippen LogP contribution >= 0.6 is 11.6 Å². The zero-order valence-electron chi connectivity index (χ0n) is 9.35. The predicted octanol–water partition coefficient (Wildman–Crippen LogP) is 0.301. The van der Waals surface area contributed by atoms with Crippen molar-refractivity contribution < 1.29 is 9.90 Å². The van der Waals surface area contributed by atoms with Gasteiger partial charge < -0.3 is 15.3 Å². The van der Waals surface area contributed by atoms with Crippen LogP contribution in [0.25, 0.3) is 0 Å². The lowest BCUT2D eigenvalue weighted by atomic mass is 10.2. The maximum atomic E-state index is 10.9. The van der Waals surface area contributed by atoms with Gasteiger partial charge in [-0.2, -0.15) is 0 Å². The van der Waals surface area contributed by atoms with Gasteiger partial charge in [0.25, 0.3) is 0 Å². The molecule has 0 amide bonds. The largest absolute Gasteiger partial charge is 0.480 e. The summed E-state index contributed by atoms with van der Waals surface area (Å²) in [6.07, 6.45) is 1.64. The molecule has 1 fully saturated rings. The zero-order chi connectivity index (χ0) is 12.4. The summed E-state index contributed by atoms with van der Waals surface area (Å²) < 4.78 is 0. The van der Waals surface area contributed by atoms with E-state index in [0.29, 0.717) is 30.7 Å². The molecule has 92 valence electrons. The highest BCUT2D eigenvalue weighted by molar-refractivity contribution is 6.30. The van der Waals surface area contributed by atoms with Crippen LogP contribution in [0.1, 0.15) is 5.56 Å². The van der Waals surface area contributed by atoms with Crippen LogP contribution in [0.2, 0.25) is 5.15 Å². The Kier molecular flexibility index (Phi) is 3.44. The molecule has 1 aliphatic rings. The van der Waals surface area contributed by atoms with E-state index in [2.05, 4.69) is 15.3 Å². The van der Waals surface area contributed by atoms with Gasteiger partial charge in [0.1, 0.15) is 11.2 Å². The molecule has 7 heteroatoms. The van der Waals surface area contributed by atoms with Crippen LogP contribution in [0.5, 0.6) is 0 Å². The van der Waals surface area contributed by atoms with Crippen molar-refractivity contribution in [2.75, 3.05) is 24.5 Å². The first-order chi connectivity index (χ1) is 8.08. The van der Waals surface area contributed by atoms with Crippen molar-refractivity contribution in [2.45, 2.75) is 13.0 Å². The van der Waals surface area contributed by atoms with E-state index in [9.17, 15) is 4.79 Å². The van der Waals surface area contributed by atoms with Crippen LogP contribution in [0, 0.1) is 6.92 Å². The van der Waals surface area contributed by atoms with Crippen LogP contribution in [0.15, 0.2) is 6.20 Å². The monoisotopic (exact) mass is 256 g/mol. The van der Waals surface area contributed by atoms with E-state index in [1.165, 1.54) is 0 Å². The SMILES string of the molecule is Cc1cnc(N2CCN[C@@H](C(=O)O)C2)nc1Cl. The molecule has 0 spiro atoms. The quantitative estimate of drug-likeness (QED) is 0.741. The first-order valence-corrected chi connectivity index (χ1v) is 5.66. The Morgan fingerprint density at radius 1 is 1.71 bits per heavy atom. The first-order valence-electron chi connectivity index (χ1n) is 5.28. The van der Waals surface area contributed by atoms with Gasteiger partial charge >= 0.3 is 5.97 Å². The van der Waals surface area contributed by atoms with E-state index in [1.807, 2.05) is 11.8 Å². The Morgan fingerprint density at radius 3 is 3.12 bits per heavy atom. The Bertz CT molecular complexity index is 440. The van der Waals surface area contributed by atoms with E-state index in [1.54, 1.807) is 6.20 Å². The minimum atomic E-state index is -0.868. The Hall–Kier alpha value is -1.40. The van der Waals surface area contributed by atoms with E-state index < -0.39 is 12.0 Å². The molecule has 6 nitrogen and oxygen atoms in total. The summed E-state index contributed by atoms with van der Waals surface area (Å²) in [5.74, 6) is -0.388. The molecule has 0 radical (unpaired) electrons. The van der Waals surface area contributed by atoms with Gasteiger partial charge in [0.05, 0.1) is 0 Å². The number of carboxylic acids is 1. The first kappa shape index (κ1) is 12.1. The van der Waals surface area contributed by atoms with Crippen molar-refractivity contribution in [3.05, 3.63) is 16.9 Å². The number of nitrogens with one attached hydrogen (secondary N) is 1. The lowest BCUT2D eigenvalue weighted by molar-refractivity contribution is -0.139. The summed E-state index contributed by atoms with van der Waals surface area (Å²) in [4.78, 5) is 21.0. The summed E-state index contributed by atoms with van der Waals surface area (Å²) >= 11 is 5.92. The van der Waals surface area contributed by atoms with Crippen molar-refractivity contribution in [1.29, 1.82) is 0 Å². The highest BCUT2D eigenvalue weighted by atomic mass is 35.5. The molecule has 0 aromatic carbocycles. The molecule has 2 N–H and O–H groups in total. The predicted molar refractivity (Wildman–Crippen MR) is 63.4 cm³/mol. The molecular weight excluding hydrogens is 244 g/mol. The average molecular weight is 257 g/mol. The van der Waals surface area contributed by atoms with Crippen LogP contribution < -0.4 is 10.2 Å². The molecule has 2 rings (SSSR count). The number of aryl methyl sites for hydroxylation is 1. The topological polar surface area (TPSA) is 78.4 Å². The second kappa shape index (κ2) is 4.85. The van der Waals surface area contributed by atoms with Gasteiger partial charge in [0.15, 0.2) is 0 Å². The molecule has 17 heavy (non-hydrogen) atoms. The number of aliphatic carboxylic acids is 1. The van der Waals surface area contributed by atoms with E-state index >= 15 is 0 Å². The fourth-order valence-electron chi connectivity index (χ4n) is 1.66. The molecule has 0 aliphatic carbocycles. The minimum Gasteiger partial charge on any atom is -0.480 e. The molecule has 1 aliphatic heterocycles. The lowest BCUT2D eigenvalue weighted by Gasteiger charge is -2.31. The number of carbonyl (C=O) groups is 1. The molecule has 0 saturated carbocycles. The van der Waals surface area contributed by atoms with Crippen LogP contribution in [-0.4, -0.2) is 46.7 Å². The van der Waals surface area contributed by atoms with Gasteiger partial charge in [-0.05, 0) is 6.92 Å². The summed E-state index contributed by atoms with van der Waals surface area (Å²) in [5, 5.41) is 12.3. The van der Waals surface area contributed by atoms with Crippen molar-refractivity contribution >= 4 is 23.5 Å². The van der Waals surface area contributed by atoms with Crippen LogP contribution in [0.4, 0.5) is 5.95 Å². The van der Waals surface area contributed by atoms with Gasteiger partial charge in [-0.1, -0.05) is 11.6 Å². The van der Waals surface area contributed by atoms with Crippen molar-refractivity contribution in [2.24, 2.45) is 0 Å². The average Bonchev–Trinajstić information content (AvgIpc) is 2.33. The number of aromatic nitrogens is 2. The molecule has 1 aromatic heterocycles. The minimum absolute atomic E-state index is 0.342. The summed E-state index contributed by atoms with van der Waals surface area (Å²) in [6.45, 7) is 3.42. The van der Waals surface area contributed by atoms with Gasteiger partial charge in [0.2, 0.25) is 5.95 Å². The third-order valence-corrected chi connectivity index (χ3v) is 3.04. The molecule has 0 bridgehead atoms. The number of carboxylic acid groups (broad SMARTS) is 1. The van der Waals surface area contributed by atoms with E-state index in [4.69, 9.17) is 16.7 Å². The Balaban J connectivity index is 2.16. The molecular formula is C10H13ClN4O2. The summed E-state index contributed by atoms with van der Waals surface area (Å²) in [7, 11) is 0. The summed E-state index contributed by atoms with van der Waals surface area (Å²) in [5.41, 5.74) is 0.806. The number of nitrogens with zero attached hydrogens (tertiary/aromatic N) is 3. The molecule has 1 saturated heterocycles. The number of halogens is 1.